The summed E-state index contributed by atoms with van der Waals surface area (Å²) in [6.45, 7) is 26.7. The van der Waals surface area contributed by atoms with Crippen molar-refractivity contribution in [2.75, 3.05) is 0 Å². The van der Waals surface area contributed by atoms with Crippen LogP contribution in [-0.4, -0.2) is 15.0 Å². The minimum Gasteiger partial charge on any atom is -0.486 e. The topological polar surface area (TPSA) is 51.8 Å². The van der Waals surface area contributed by atoms with Crippen LogP contribution in [-0.2, 0) is 20.1 Å². The Morgan fingerprint density at radius 2 is 1.30 bits per heavy atom. The summed E-state index contributed by atoms with van der Waals surface area (Å²) < 4.78 is 6.63. The van der Waals surface area contributed by atoms with Gasteiger partial charge in [-0.2, -0.15) is 0 Å². The summed E-state index contributed by atoms with van der Waals surface area (Å²) in [4.78, 5) is 14.6. The average molecular weight is 982 g/mol. The normalized spacial score (nSPS) is 11.6. The molecule has 61 heavy (non-hydrogen) atoms. The number of hydrogen-bond acceptors (Lipinski definition) is 4. The van der Waals surface area contributed by atoms with E-state index in [1.54, 1.807) is 0 Å². The van der Waals surface area contributed by atoms with Gasteiger partial charge < -0.3 is 14.4 Å². The van der Waals surface area contributed by atoms with Crippen LogP contribution in [0.15, 0.2) is 114 Å². The number of aryl methyl sites for hydroxylation is 4. The molecule has 4 nitrogen and oxygen atoms in total. The fraction of sp³-hybridized carbons (Fsp3) is 0.304. The molecule has 4 aromatic carbocycles. The van der Waals surface area contributed by atoms with E-state index in [1.165, 1.54) is 55.6 Å². The first-order chi connectivity index (χ1) is 28.7. The van der Waals surface area contributed by atoms with E-state index >= 15 is 0 Å². The van der Waals surface area contributed by atoms with E-state index in [4.69, 9.17) is 14.4 Å². The molecule has 0 aliphatic heterocycles. The van der Waals surface area contributed by atoms with Crippen LogP contribution in [0.4, 0.5) is 0 Å². The third-order valence-electron chi connectivity index (χ3n) is 11.9. The molecular weight excluding hydrogens is 923 g/mol. The summed E-state index contributed by atoms with van der Waals surface area (Å²) in [6.07, 6.45) is 3.99. The standard InChI is InChI=1S/C42H45N2O.C14H14N.Ir/c1-24(2)30-18-19-31(29-14-11-10-12-15-29)39(27(7)8)40(30)36-21-20-33-32-16-13-17-34(41(32)45-42(33)44-36)37-22-28(9)35(23-43-37)38(25(3)4)26(5)6;1-10-4-6-13(7-5-10)14-8-11(2)12(3)9-15-14;/h10-16,18-27,38H,1-9H3;4-6,8-9H,1-3H3;/q2*-1;. The molecule has 0 atom stereocenters. The summed E-state index contributed by atoms with van der Waals surface area (Å²) in [7, 11) is 0. The fourth-order valence-electron chi connectivity index (χ4n) is 8.80. The summed E-state index contributed by atoms with van der Waals surface area (Å²) in [5, 5.41) is 2.04. The Kier molecular flexibility index (Phi) is 14.3. The molecule has 0 saturated carbocycles. The molecule has 8 rings (SSSR count). The van der Waals surface area contributed by atoms with Gasteiger partial charge in [0.25, 0.3) is 0 Å². The van der Waals surface area contributed by atoms with Crippen LogP contribution >= 0.6 is 0 Å². The smallest absolute Gasteiger partial charge is 0.216 e. The van der Waals surface area contributed by atoms with Crippen LogP contribution in [0.25, 0.3) is 67.0 Å². The molecule has 8 aromatic rings. The van der Waals surface area contributed by atoms with Gasteiger partial charge in [-0.05, 0) is 107 Å². The second kappa shape index (κ2) is 19.2. The van der Waals surface area contributed by atoms with E-state index in [2.05, 4.69) is 191 Å². The summed E-state index contributed by atoms with van der Waals surface area (Å²) in [5.41, 5.74) is 18.8. The van der Waals surface area contributed by atoms with Crippen molar-refractivity contribution >= 4 is 22.1 Å². The SMILES string of the molecule is Cc1c[c-]c(-c2cc(C)c(C)cn2)cc1.Cc1cc(-c2[c-]ccc3c2oc2nc(-c4c(C(C)C)ccc(-c5ccccc5)c4C(C)C)ccc23)ncc1C(C(C)C)C(C)C.[Ir]. The first kappa shape index (κ1) is 45.3. The largest absolute Gasteiger partial charge is 0.486 e. The van der Waals surface area contributed by atoms with Gasteiger partial charge in [0.2, 0.25) is 5.71 Å². The first-order valence-corrected chi connectivity index (χ1v) is 21.6. The predicted molar refractivity (Wildman–Crippen MR) is 253 cm³/mol. The summed E-state index contributed by atoms with van der Waals surface area (Å²) in [5.74, 6) is 2.21. The van der Waals surface area contributed by atoms with Crippen LogP contribution in [0.5, 0.6) is 0 Å². The molecule has 1 radical (unpaired) electrons. The Bertz CT molecular complexity index is 2750. The van der Waals surface area contributed by atoms with E-state index in [0.29, 0.717) is 35.3 Å². The Hall–Kier alpha value is -5.22. The zero-order valence-corrected chi connectivity index (χ0v) is 40.3. The maximum atomic E-state index is 6.63. The molecule has 5 heteroatoms. The van der Waals surface area contributed by atoms with Gasteiger partial charge in [-0.1, -0.05) is 139 Å². The average Bonchev–Trinajstić information content (AvgIpc) is 3.61. The molecule has 0 fully saturated rings. The van der Waals surface area contributed by atoms with Crippen LogP contribution < -0.4 is 0 Å². The van der Waals surface area contributed by atoms with Crippen molar-refractivity contribution in [2.24, 2.45) is 11.8 Å². The fourth-order valence-corrected chi connectivity index (χ4v) is 8.80. The van der Waals surface area contributed by atoms with Crippen molar-refractivity contribution in [3.05, 3.63) is 161 Å². The zero-order valence-electron chi connectivity index (χ0n) is 37.9. The Morgan fingerprint density at radius 1 is 0.590 bits per heavy atom. The molecule has 0 spiro atoms. The monoisotopic (exact) mass is 982 g/mol. The quantitative estimate of drug-likeness (QED) is 0.135. The predicted octanol–water partition coefficient (Wildman–Crippen LogP) is 15.6. The van der Waals surface area contributed by atoms with Gasteiger partial charge in [-0.3, -0.25) is 0 Å². The molecule has 315 valence electrons. The molecular formula is C56H59IrN3O-2. The van der Waals surface area contributed by atoms with Crippen molar-refractivity contribution in [1.29, 1.82) is 0 Å². The maximum Gasteiger partial charge on any atom is 0.216 e. The number of nitrogens with zero attached hydrogens (tertiary/aromatic N) is 3. The molecule has 0 saturated heterocycles. The Labute approximate surface area is 377 Å². The van der Waals surface area contributed by atoms with Crippen molar-refractivity contribution < 1.29 is 24.5 Å². The van der Waals surface area contributed by atoms with Gasteiger partial charge in [0, 0.05) is 43.4 Å². The van der Waals surface area contributed by atoms with Gasteiger partial charge in [0.05, 0.1) is 11.3 Å². The van der Waals surface area contributed by atoms with Gasteiger partial charge >= 0.3 is 0 Å². The number of fused-ring (bicyclic) bond motifs is 3. The van der Waals surface area contributed by atoms with Gasteiger partial charge in [0.15, 0.2) is 0 Å². The first-order valence-electron chi connectivity index (χ1n) is 21.6. The number of benzene rings is 4. The van der Waals surface area contributed by atoms with Crippen LogP contribution in [0, 0.1) is 51.7 Å². The molecule has 0 aliphatic rings. The van der Waals surface area contributed by atoms with E-state index in [1.807, 2.05) is 18.3 Å². The third kappa shape index (κ3) is 9.49. The van der Waals surface area contributed by atoms with Crippen LogP contribution in [0.2, 0.25) is 0 Å². The van der Waals surface area contributed by atoms with E-state index < -0.39 is 0 Å². The number of aromatic nitrogens is 3. The van der Waals surface area contributed by atoms with Crippen LogP contribution in [0.1, 0.15) is 112 Å². The van der Waals surface area contributed by atoms with Crippen molar-refractivity contribution in [2.45, 2.75) is 101 Å². The maximum absolute atomic E-state index is 6.63. The van der Waals surface area contributed by atoms with E-state index in [9.17, 15) is 0 Å². The molecule has 0 aliphatic carbocycles. The molecule has 0 bridgehead atoms. The van der Waals surface area contributed by atoms with Crippen molar-refractivity contribution in [3.63, 3.8) is 0 Å². The Balaban J connectivity index is 0.000000327. The van der Waals surface area contributed by atoms with Crippen molar-refractivity contribution in [3.8, 4) is 44.9 Å². The molecule has 0 unspecified atom stereocenters. The Morgan fingerprint density at radius 3 is 1.92 bits per heavy atom. The molecule has 4 aromatic heterocycles. The summed E-state index contributed by atoms with van der Waals surface area (Å²) in [6, 6.07) is 40.8. The number of furan rings is 1. The second-order valence-corrected chi connectivity index (χ2v) is 17.8. The van der Waals surface area contributed by atoms with Gasteiger partial charge in [0.1, 0.15) is 0 Å². The van der Waals surface area contributed by atoms with E-state index in [-0.39, 0.29) is 20.1 Å². The second-order valence-electron chi connectivity index (χ2n) is 17.8. The van der Waals surface area contributed by atoms with E-state index in [0.717, 1.165) is 44.6 Å². The zero-order chi connectivity index (χ0) is 42.8. The molecule has 0 amide bonds. The summed E-state index contributed by atoms with van der Waals surface area (Å²) >= 11 is 0. The minimum absolute atomic E-state index is 0. The van der Waals surface area contributed by atoms with Gasteiger partial charge in [-0.15, -0.1) is 53.6 Å². The third-order valence-corrected chi connectivity index (χ3v) is 11.9. The number of pyridine rings is 3. The number of hydrogen-bond donors (Lipinski definition) is 0. The van der Waals surface area contributed by atoms with Gasteiger partial charge in [-0.25, -0.2) is 4.98 Å². The minimum atomic E-state index is 0. The molecule has 0 N–H and O–H groups in total. The van der Waals surface area contributed by atoms with Crippen molar-refractivity contribution in [1.82, 2.24) is 15.0 Å². The molecule has 4 heterocycles. The number of rotatable bonds is 9. The van der Waals surface area contributed by atoms with Crippen LogP contribution in [0.3, 0.4) is 0 Å².